The van der Waals surface area contributed by atoms with Crippen molar-refractivity contribution in [1.29, 1.82) is 0 Å². The van der Waals surface area contributed by atoms with E-state index in [2.05, 4.69) is 9.71 Å². The van der Waals surface area contributed by atoms with Gasteiger partial charge in [-0.15, -0.1) is 11.3 Å². The standard InChI is InChI=1S/C22H17ClFN3O3S2/c1-27(13-21-25-19-8-4-5-9-20(19)31-21)22(28)15-12-14(10-11-16(15)23)32(29,30)26-18-7-3-2-6-17(18)24/h2-12,26H,13H2,1H3. The van der Waals surface area contributed by atoms with Crippen LogP contribution in [-0.2, 0) is 16.6 Å². The maximum atomic E-state index is 13.9. The van der Waals surface area contributed by atoms with Gasteiger partial charge >= 0.3 is 0 Å². The van der Waals surface area contributed by atoms with Crippen LogP contribution in [0.4, 0.5) is 10.1 Å². The molecule has 0 fully saturated rings. The molecule has 0 atom stereocenters. The molecular weight excluding hydrogens is 473 g/mol. The van der Waals surface area contributed by atoms with E-state index in [9.17, 15) is 17.6 Å². The summed E-state index contributed by atoms with van der Waals surface area (Å²) in [5.41, 5.74) is 0.675. The minimum atomic E-state index is -4.14. The van der Waals surface area contributed by atoms with Gasteiger partial charge in [-0.2, -0.15) is 0 Å². The smallest absolute Gasteiger partial charge is 0.262 e. The van der Waals surface area contributed by atoms with Crippen LogP contribution in [0.15, 0.2) is 71.6 Å². The molecule has 1 aromatic heterocycles. The van der Waals surface area contributed by atoms with Gasteiger partial charge in [0.15, 0.2) is 0 Å². The molecule has 164 valence electrons. The average molecular weight is 490 g/mol. The van der Waals surface area contributed by atoms with Crippen LogP contribution in [0.1, 0.15) is 15.4 Å². The Morgan fingerprint density at radius 2 is 1.84 bits per heavy atom. The Hall–Kier alpha value is -3.01. The largest absolute Gasteiger partial charge is 0.335 e. The number of nitrogens with zero attached hydrogens (tertiary/aromatic N) is 2. The Balaban J connectivity index is 1.58. The lowest BCUT2D eigenvalue weighted by atomic mass is 10.2. The molecule has 1 heterocycles. The fraction of sp³-hybridized carbons (Fsp3) is 0.0909. The lowest BCUT2D eigenvalue weighted by molar-refractivity contribution is 0.0785. The summed E-state index contributed by atoms with van der Waals surface area (Å²) in [4.78, 5) is 18.7. The van der Waals surface area contributed by atoms with Gasteiger partial charge in [0.1, 0.15) is 10.8 Å². The number of benzene rings is 3. The number of amides is 1. The van der Waals surface area contributed by atoms with Gasteiger partial charge in [0, 0.05) is 7.05 Å². The zero-order valence-corrected chi connectivity index (χ0v) is 19.1. The van der Waals surface area contributed by atoms with Crippen LogP contribution in [0.5, 0.6) is 0 Å². The number of para-hydroxylation sites is 2. The fourth-order valence-electron chi connectivity index (χ4n) is 3.05. The Labute approximate surface area is 193 Å². The molecule has 1 amide bonds. The van der Waals surface area contributed by atoms with Crippen LogP contribution >= 0.6 is 22.9 Å². The van der Waals surface area contributed by atoms with Gasteiger partial charge in [-0.25, -0.2) is 17.8 Å². The number of sulfonamides is 1. The number of thiazole rings is 1. The molecule has 0 aliphatic carbocycles. The summed E-state index contributed by atoms with van der Waals surface area (Å²) in [7, 11) is -2.55. The monoisotopic (exact) mass is 489 g/mol. The third-order valence-corrected chi connectivity index (χ3v) is 7.37. The zero-order valence-electron chi connectivity index (χ0n) is 16.7. The normalized spacial score (nSPS) is 11.5. The predicted octanol–water partition coefficient (Wildman–Crippen LogP) is 5.16. The van der Waals surface area contributed by atoms with Crippen LogP contribution in [0.3, 0.4) is 0 Å². The molecule has 0 radical (unpaired) electrons. The Bertz CT molecular complexity index is 1390. The van der Waals surface area contributed by atoms with Crippen molar-refractivity contribution >= 4 is 54.8 Å². The van der Waals surface area contributed by atoms with Gasteiger partial charge in [-0.3, -0.25) is 9.52 Å². The first-order valence-corrected chi connectivity index (χ1v) is 12.1. The molecule has 0 spiro atoms. The second kappa shape index (κ2) is 8.85. The maximum Gasteiger partial charge on any atom is 0.262 e. The lowest BCUT2D eigenvalue weighted by Crippen LogP contribution is -2.27. The number of aromatic nitrogens is 1. The molecule has 10 heteroatoms. The predicted molar refractivity (Wildman–Crippen MR) is 124 cm³/mol. The van der Waals surface area contributed by atoms with E-state index in [0.717, 1.165) is 21.3 Å². The lowest BCUT2D eigenvalue weighted by Gasteiger charge is -2.17. The van der Waals surface area contributed by atoms with E-state index < -0.39 is 21.7 Å². The third kappa shape index (κ3) is 4.59. The average Bonchev–Trinajstić information content (AvgIpc) is 3.17. The summed E-state index contributed by atoms with van der Waals surface area (Å²) in [5, 5.41) is 0.846. The van der Waals surface area contributed by atoms with Crippen molar-refractivity contribution in [2.75, 3.05) is 11.8 Å². The first kappa shape index (κ1) is 22.2. The van der Waals surface area contributed by atoms with E-state index in [-0.39, 0.29) is 27.7 Å². The van der Waals surface area contributed by atoms with E-state index in [0.29, 0.717) is 0 Å². The van der Waals surface area contributed by atoms with Crippen molar-refractivity contribution in [2.45, 2.75) is 11.4 Å². The van der Waals surface area contributed by atoms with Crippen molar-refractivity contribution in [2.24, 2.45) is 0 Å². The number of anilines is 1. The van der Waals surface area contributed by atoms with E-state index in [1.165, 1.54) is 52.6 Å². The number of fused-ring (bicyclic) bond motifs is 1. The number of hydrogen-bond acceptors (Lipinski definition) is 5. The van der Waals surface area contributed by atoms with Gasteiger partial charge in [0.25, 0.3) is 15.9 Å². The van der Waals surface area contributed by atoms with Gasteiger partial charge < -0.3 is 4.90 Å². The summed E-state index contributed by atoms with van der Waals surface area (Å²) in [5.74, 6) is -1.17. The quantitative estimate of drug-likeness (QED) is 0.405. The van der Waals surface area contributed by atoms with Crippen LogP contribution in [-0.4, -0.2) is 31.3 Å². The molecule has 0 saturated carbocycles. The number of carbonyl (C=O) groups is 1. The van der Waals surface area contributed by atoms with E-state index in [4.69, 9.17) is 11.6 Å². The summed E-state index contributed by atoms with van der Waals surface area (Å²) >= 11 is 7.68. The van der Waals surface area contributed by atoms with Crippen LogP contribution in [0.25, 0.3) is 10.2 Å². The highest BCUT2D eigenvalue weighted by atomic mass is 35.5. The molecule has 3 aromatic carbocycles. The number of halogens is 2. The molecule has 0 saturated heterocycles. The molecule has 4 aromatic rings. The van der Waals surface area contributed by atoms with Crippen molar-refractivity contribution in [3.63, 3.8) is 0 Å². The fourth-order valence-corrected chi connectivity index (χ4v) is 5.36. The highest BCUT2D eigenvalue weighted by Crippen LogP contribution is 2.26. The number of rotatable bonds is 6. The van der Waals surface area contributed by atoms with E-state index >= 15 is 0 Å². The Morgan fingerprint density at radius 1 is 1.12 bits per heavy atom. The van der Waals surface area contributed by atoms with Crippen molar-refractivity contribution in [3.8, 4) is 0 Å². The summed E-state index contributed by atoms with van der Waals surface area (Å²) < 4.78 is 42.6. The molecule has 0 unspecified atom stereocenters. The molecule has 0 bridgehead atoms. The van der Waals surface area contributed by atoms with Crippen molar-refractivity contribution in [3.05, 3.63) is 88.1 Å². The van der Waals surface area contributed by atoms with Crippen LogP contribution in [0, 0.1) is 5.82 Å². The summed E-state index contributed by atoms with van der Waals surface area (Å²) in [6, 6.07) is 16.8. The first-order chi connectivity index (χ1) is 15.2. The highest BCUT2D eigenvalue weighted by Gasteiger charge is 2.22. The number of hydrogen-bond donors (Lipinski definition) is 1. The minimum Gasteiger partial charge on any atom is -0.335 e. The topological polar surface area (TPSA) is 79.4 Å². The minimum absolute atomic E-state index is 0.0201. The third-order valence-electron chi connectivity index (χ3n) is 4.65. The molecule has 4 rings (SSSR count). The zero-order chi connectivity index (χ0) is 22.9. The Kier molecular flexibility index (Phi) is 6.14. The molecule has 32 heavy (non-hydrogen) atoms. The van der Waals surface area contributed by atoms with E-state index in [1.807, 2.05) is 24.3 Å². The van der Waals surface area contributed by atoms with Gasteiger partial charge in [0.05, 0.1) is 37.9 Å². The Morgan fingerprint density at radius 3 is 2.59 bits per heavy atom. The van der Waals surface area contributed by atoms with Crippen LogP contribution < -0.4 is 4.72 Å². The van der Waals surface area contributed by atoms with Gasteiger partial charge in [0.2, 0.25) is 0 Å². The SMILES string of the molecule is CN(Cc1nc2ccccc2s1)C(=O)c1cc(S(=O)(=O)Nc2ccccc2F)ccc1Cl. The molecular formula is C22H17ClFN3O3S2. The second-order valence-electron chi connectivity index (χ2n) is 6.96. The van der Waals surface area contributed by atoms with Crippen molar-refractivity contribution < 1.29 is 17.6 Å². The maximum absolute atomic E-state index is 13.9. The summed E-state index contributed by atoms with van der Waals surface area (Å²) in [6.07, 6.45) is 0. The number of carbonyl (C=O) groups excluding carboxylic acids is 1. The van der Waals surface area contributed by atoms with Crippen LogP contribution in [0.2, 0.25) is 5.02 Å². The molecule has 0 aliphatic heterocycles. The van der Waals surface area contributed by atoms with Gasteiger partial charge in [-0.1, -0.05) is 35.9 Å². The van der Waals surface area contributed by atoms with E-state index in [1.54, 1.807) is 7.05 Å². The van der Waals surface area contributed by atoms with Crippen molar-refractivity contribution in [1.82, 2.24) is 9.88 Å². The van der Waals surface area contributed by atoms with Gasteiger partial charge in [-0.05, 0) is 42.5 Å². The summed E-state index contributed by atoms with van der Waals surface area (Å²) in [6.45, 7) is 0.235. The molecule has 0 aliphatic rings. The molecule has 1 N–H and O–H groups in total. The second-order valence-corrected chi connectivity index (χ2v) is 10.2. The highest BCUT2D eigenvalue weighted by molar-refractivity contribution is 7.92. The first-order valence-electron chi connectivity index (χ1n) is 9.41. The molecule has 6 nitrogen and oxygen atoms in total. The number of nitrogens with one attached hydrogen (secondary N) is 1.